The molecule has 0 unspecified atom stereocenters. The predicted molar refractivity (Wildman–Crippen MR) is 131 cm³/mol. The Labute approximate surface area is 200 Å². The van der Waals surface area contributed by atoms with Gasteiger partial charge in [-0.05, 0) is 55.5 Å². The molecule has 4 rings (SSSR count). The van der Waals surface area contributed by atoms with Gasteiger partial charge in [0.05, 0.1) is 22.9 Å². The van der Waals surface area contributed by atoms with Crippen LogP contribution in [-0.2, 0) is 4.79 Å². The minimum Gasteiger partial charge on any atom is -0.494 e. The van der Waals surface area contributed by atoms with Crippen molar-refractivity contribution in [2.45, 2.75) is 12.3 Å². The fraction of sp³-hybridized carbons (Fsp3) is 0.167. The normalized spacial score (nSPS) is 15.7. The average Bonchev–Trinajstić information content (AvgIpc) is 3.16. The summed E-state index contributed by atoms with van der Waals surface area (Å²) < 4.78 is 5.51. The first-order valence-corrected chi connectivity index (χ1v) is 11.8. The molecule has 1 aliphatic rings. The van der Waals surface area contributed by atoms with E-state index in [4.69, 9.17) is 27.9 Å². The number of anilines is 2. The lowest BCUT2D eigenvalue weighted by Gasteiger charge is -2.26. The molecule has 32 heavy (non-hydrogen) atoms. The summed E-state index contributed by atoms with van der Waals surface area (Å²) in [5, 5.41) is 3.39. The molecule has 1 aliphatic heterocycles. The second-order valence-corrected chi connectivity index (χ2v) is 8.93. The summed E-state index contributed by atoms with van der Waals surface area (Å²) in [6.45, 7) is 2.50. The van der Waals surface area contributed by atoms with Crippen LogP contribution in [0.3, 0.4) is 0 Å². The van der Waals surface area contributed by atoms with Crippen molar-refractivity contribution in [3.63, 3.8) is 0 Å². The molecule has 5 nitrogen and oxygen atoms in total. The third-order valence-electron chi connectivity index (χ3n) is 4.94. The minimum atomic E-state index is -0.346. The largest absolute Gasteiger partial charge is 0.494 e. The number of para-hydroxylation sites is 1. The van der Waals surface area contributed by atoms with E-state index in [0.717, 1.165) is 17.0 Å². The lowest BCUT2D eigenvalue weighted by atomic mass is 10.1. The zero-order valence-corrected chi connectivity index (χ0v) is 19.5. The van der Waals surface area contributed by atoms with Gasteiger partial charge in [-0.1, -0.05) is 41.4 Å². The fourth-order valence-electron chi connectivity index (χ4n) is 3.49. The highest BCUT2D eigenvalue weighted by molar-refractivity contribution is 8.00. The Bertz CT molecular complexity index is 1150. The molecule has 0 radical (unpaired) electrons. The highest BCUT2D eigenvalue weighted by Gasteiger charge is 2.35. The Hall–Kier alpha value is -2.67. The van der Waals surface area contributed by atoms with Gasteiger partial charge in [-0.15, -0.1) is 11.8 Å². The van der Waals surface area contributed by atoms with Gasteiger partial charge in [0.2, 0.25) is 5.91 Å². The van der Waals surface area contributed by atoms with Crippen LogP contribution in [0.2, 0.25) is 10.0 Å². The maximum atomic E-state index is 12.9. The van der Waals surface area contributed by atoms with E-state index < -0.39 is 0 Å². The lowest BCUT2D eigenvalue weighted by Crippen LogP contribution is -2.28. The van der Waals surface area contributed by atoms with Crippen molar-refractivity contribution in [3.8, 4) is 5.75 Å². The summed E-state index contributed by atoms with van der Waals surface area (Å²) >= 11 is 13.7. The zero-order valence-electron chi connectivity index (χ0n) is 17.2. The Morgan fingerprint density at radius 2 is 1.88 bits per heavy atom. The monoisotopic (exact) mass is 486 g/mol. The summed E-state index contributed by atoms with van der Waals surface area (Å²) in [5.41, 5.74) is 2.54. The lowest BCUT2D eigenvalue weighted by molar-refractivity contribution is -0.115. The van der Waals surface area contributed by atoms with Crippen LogP contribution in [0.1, 0.15) is 28.2 Å². The zero-order chi connectivity index (χ0) is 22.7. The molecule has 0 aromatic heterocycles. The third-order valence-corrected chi connectivity index (χ3v) is 6.69. The SMILES string of the molecule is CCOc1ccc(N2C(=O)CS[C@@H]2c2ccccc2NC(=O)c2ccc(Cl)cc2Cl)cc1. The van der Waals surface area contributed by atoms with Crippen LogP contribution in [0.25, 0.3) is 0 Å². The van der Waals surface area contributed by atoms with Crippen LogP contribution in [0.5, 0.6) is 5.75 Å². The first-order chi connectivity index (χ1) is 15.5. The van der Waals surface area contributed by atoms with Crippen molar-refractivity contribution in [2.24, 2.45) is 0 Å². The molecule has 1 saturated heterocycles. The molecule has 1 atom stereocenters. The second-order valence-electron chi connectivity index (χ2n) is 7.02. The smallest absolute Gasteiger partial charge is 0.257 e. The molecule has 2 amide bonds. The number of carbonyl (C=O) groups is 2. The molecule has 0 aliphatic carbocycles. The quantitative estimate of drug-likeness (QED) is 0.436. The number of ether oxygens (including phenoxy) is 1. The van der Waals surface area contributed by atoms with Gasteiger partial charge in [0.1, 0.15) is 11.1 Å². The molecule has 0 bridgehead atoms. The number of benzene rings is 3. The summed E-state index contributed by atoms with van der Waals surface area (Å²) in [6, 6.07) is 19.6. The Balaban J connectivity index is 1.63. The number of thioether (sulfide) groups is 1. The van der Waals surface area contributed by atoms with Crippen molar-refractivity contribution in [1.82, 2.24) is 0 Å². The molecular weight excluding hydrogens is 467 g/mol. The molecule has 0 spiro atoms. The van der Waals surface area contributed by atoms with Crippen LogP contribution in [0.4, 0.5) is 11.4 Å². The Kier molecular flexibility index (Phi) is 6.94. The number of nitrogens with one attached hydrogen (secondary N) is 1. The van der Waals surface area contributed by atoms with E-state index in [0.29, 0.717) is 28.6 Å². The average molecular weight is 487 g/mol. The highest BCUT2D eigenvalue weighted by atomic mass is 35.5. The molecular formula is C24H20Cl2N2O3S. The first kappa shape index (κ1) is 22.5. The number of nitrogens with zero attached hydrogens (tertiary/aromatic N) is 1. The molecule has 1 heterocycles. The number of amides is 2. The van der Waals surface area contributed by atoms with E-state index in [1.807, 2.05) is 55.5 Å². The van der Waals surface area contributed by atoms with Gasteiger partial charge < -0.3 is 10.1 Å². The number of rotatable bonds is 6. The second kappa shape index (κ2) is 9.86. The predicted octanol–water partition coefficient (Wildman–Crippen LogP) is 6.42. The molecule has 1 fully saturated rings. The molecule has 8 heteroatoms. The van der Waals surface area contributed by atoms with E-state index in [2.05, 4.69) is 5.32 Å². The van der Waals surface area contributed by atoms with Gasteiger partial charge >= 0.3 is 0 Å². The topological polar surface area (TPSA) is 58.6 Å². The first-order valence-electron chi connectivity index (χ1n) is 9.99. The number of hydrogen-bond donors (Lipinski definition) is 1. The van der Waals surface area contributed by atoms with Crippen molar-refractivity contribution >= 4 is 58.2 Å². The molecule has 164 valence electrons. The molecule has 0 saturated carbocycles. The van der Waals surface area contributed by atoms with Gasteiger partial charge in [0.25, 0.3) is 5.91 Å². The molecule has 3 aromatic carbocycles. The van der Waals surface area contributed by atoms with Crippen molar-refractivity contribution in [2.75, 3.05) is 22.6 Å². The van der Waals surface area contributed by atoms with E-state index in [1.165, 1.54) is 17.8 Å². The number of carbonyl (C=O) groups excluding carboxylic acids is 2. The minimum absolute atomic E-state index is 0.00559. The van der Waals surface area contributed by atoms with E-state index >= 15 is 0 Å². The van der Waals surface area contributed by atoms with Gasteiger partial charge in [-0.3, -0.25) is 14.5 Å². The fourth-order valence-corrected chi connectivity index (χ4v) is 5.20. The maximum absolute atomic E-state index is 12.9. The van der Waals surface area contributed by atoms with Crippen LogP contribution >= 0.6 is 35.0 Å². The van der Waals surface area contributed by atoms with Crippen molar-refractivity contribution in [3.05, 3.63) is 87.9 Å². The van der Waals surface area contributed by atoms with Gasteiger partial charge in [0, 0.05) is 22.0 Å². The van der Waals surface area contributed by atoms with Gasteiger partial charge in [0.15, 0.2) is 0 Å². The van der Waals surface area contributed by atoms with Gasteiger partial charge in [-0.2, -0.15) is 0 Å². The standard InChI is InChI=1S/C24H20Cl2N2O3S/c1-2-31-17-10-8-16(9-11-17)28-22(29)14-32-24(28)19-5-3-4-6-21(19)27-23(30)18-12-7-15(25)13-20(18)26/h3-13,24H,2,14H2,1H3,(H,27,30)/t24-/m1/s1. The summed E-state index contributed by atoms with van der Waals surface area (Å²) in [5.74, 6) is 0.759. The van der Waals surface area contributed by atoms with E-state index in [9.17, 15) is 9.59 Å². The van der Waals surface area contributed by atoms with Gasteiger partial charge in [-0.25, -0.2) is 0 Å². The van der Waals surface area contributed by atoms with Crippen LogP contribution in [0, 0.1) is 0 Å². The Morgan fingerprint density at radius 1 is 1.12 bits per heavy atom. The van der Waals surface area contributed by atoms with E-state index in [1.54, 1.807) is 17.0 Å². The molecule has 1 N–H and O–H groups in total. The van der Waals surface area contributed by atoms with Crippen LogP contribution in [0.15, 0.2) is 66.7 Å². The number of halogens is 2. The van der Waals surface area contributed by atoms with Crippen molar-refractivity contribution < 1.29 is 14.3 Å². The third kappa shape index (κ3) is 4.72. The summed E-state index contributed by atoms with van der Waals surface area (Å²) in [4.78, 5) is 27.4. The highest BCUT2D eigenvalue weighted by Crippen LogP contribution is 2.44. The summed E-state index contributed by atoms with van der Waals surface area (Å²) in [6.07, 6.45) is 0. The summed E-state index contributed by atoms with van der Waals surface area (Å²) in [7, 11) is 0. The van der Waals surface area contributed by atoms with E-state index in [-0.39, 0.29) is 22.2 Å². The van der Waals surface area contributed by atoms with Crippen LogP contribution in [-0.4, -0.2) is 24.2 Å². The number of hydrogen-bond acceptors (Lipinski definition) is 4. The van der Waals surface area contributed by atoms with Crippen molar-refractivity contribution in [1.29, 1.82) is 0 Å². The van der Waals surface area contributed by atoms with Crippen LogP contribution < -0.4 is 15.0 Å². The Morgan fingerprint density at radius 3 is 2.59 bits per heavy atom. The maximum Gasteiger partial charge on any atom is 0.257 e. The molecule has 3 aromatic rings.